The van der Waals surface area contributed by atoms with Gasteiger partial charge in [-0.05, 0) is 42.5 Å². The fourth-order valence-electron chi connectivity index (χ4n) is 4.67. The predicted molar refractivity (Wildman–Crippen MR) is 167 cm³/mol. The van der Waals surface area contributed by atoms with Gasteiger partial charge in [-0.25, -0.2) is 18.6 Å². The van der Waals surface area contributed by atoms with Gasteiger partial charge in [-0.3, -0.25) is 19.4 Å². The number of hydrazine groups is 1. The van der Waals surface area contributed by atoms with Crippen molar-refractivity contribution >= 4 is 38.7 Å². The maximum absolute atomic E-state index is 14.0. The van der Waals surface area contributed by atoms with E-state index in [1.54, 1.807) is 30.3 Å². The lowest BCUT2D eigenvalue weighted by molar-refractivity contribution is -0.167. The van der Waals surface area contributed by atoms with Crippen molar-refractivity contribution in [3.63, 3.8) is 0 Å². The van der Waals surface area contributed by atoms with E-state index in [-0.39, 0.29) is 34.9 Å². The van der Waals surface area contributed by atoms with Crippen molar-refractivity contribution in [2.75, 3.05) is 12.3 Å². The molecule has 3 rings (SSSR count). The van der Waals surface area contributed by atoms with Crippen LogP contribution >= 0.6 is 11.8 Å². The zero-order valence-electron chi connectivity index (χ0n) is 24.4. The maximum atomic E-state index is 14.0. The molecule has 0 saturated carbocycles. The standard InChI is InChI=1S/C32H39N3O5S2/c1-4-6-16-31(37)35(22-26-17-19-27(20-18-26)29-14-10-11-15-30(29)42(33,39)40)34(5-2)32(38)28(23-41-24(3)36)21-25-12-8-7-9-13-25/h7-15,17-20,28H,4-6,16,21-23H2,1-3H3,(H2,33,39,40)/t28-/m1/s1. The number of nitrogens with zero attached hydrogens (tertiary/aromatic N) is 2. The number of benzene rings is 3. The van der Waals surface area contributed by atoms with E-state index in [1.165, 1.54) is 23.0 Å². The van der Waals surface area contributed by atoms with Crippen LogP contribution in [0.2, 0.25) is 0 Å². The number of hydrogen-bond donors (Lipinski definition) is 1. The minimum atomic E-state index is -3.92. The van der Waals surface area contributed by atoms with Crippen molar-refractivity contribution in [1.82, 2.24) is 10.0 Å². The van der Waals surface area contributed by atoms with Gasteiger partial charge in [0.2, 0.25) is 21.8 Å². The van der Waals surface area contributed by atoms with Gasteiger partial charge in [0.05, 0.1) is 17.4 Å². The second-order valence-electron chi connectivity index (χ2n) is 10.0. The summed E-state index contributed by atoms with van der Waals surface area (Å²) in [7, 11) is -3.92. The van der Waals surface area contributed by atoms with Gasteiger partial charge in [0.15, 0.2) is 5.12 Å². The number of sulfonamides is 1. The van der Waals surface area contributed by atoms with Crippen molar-refractivity contribution in [3.05, 3.63) is 90.0 Å². The van der Waals surface area contributed by atoms with Crippen molar-refractivity contribution in [3.8, 4) is 11.1 Å². The normalized spacial score (nSPS) is 12.0. The van der Waals surface area contributed by atoms with E-state index in [4.69, 9.17) is 5.14 Å². The summed E-state index contributed by atoms with van der Waals surface area (Å²) in [5.41, 5.74) is 2.91. The summed E-state index contributed by atoms with van der Waals surface area (Å²) in [6, 6.07) is 23.4. The Labute approximate surface area is 253 Å². The SMILES string of the molecule is CCCCC(=O)N(Cc1ccc(-c2ccccc2S(N)(=O)=O)cc1)N(CC)C(=O)[C@@H](CSC(C)=O)Cc1ccccc1. The first-order chi connectivity index (χ1) is 20.0. The lowest BCUT2D eigenvalue weighted by atomic mass is 10.00. The molecule has 0 aliphatic rings. The molecule has 0 bridgehead atoms. The molecule has 0 radical (unpaired) electrons. The smallest absolute Gasteiger partial charge is 0.245 e. The first-order valence-electron chi connectivity index (χ1n) is 14.0. The van der Waals surface area contributed by atoms with Gasteiger partial charge in [0.25, 0.3) is 0 Å². The molecule has 0 fully saturated rings. The molecule has 224 valence electrons. The fraction of sp³-hybridized carbons (Fsp3) is 0.344. The van der Waals surface area contributed by atoms with Crippen LogP contribution < -0.4 is 5.14 Å². The summed E-state index contributed by atoms with van der Waals surface area (Å²) in [6.45, 7) is 5.78. The Bertz CT molecular complexity index is 1460. The second-order valence-corrected chi connectivity index (χ2v) is 12.8. The van der Waals surface area contributed by atoms with E-state index in [0.717, 1.165) is 29.3 Å². The quantitative estimate of drug-likeness (QED) is 0.259. The number of primary sulfonamides is 1. The number of amides is 2. The summed E-state index contributed by atoms with van der Waals surface area (Å²) in [5.74, 6) is -0.554. The van der Waals surface area contributed by atoms with E-state index in [1.807, 2.05) is 56.3 Å². The average molecular weight is 610 g/mol. The molecule has 0 saturated heterocycles. The van der Waals surface area contributed by atoms with Crippen LogP contribution in [-0.2, 0) is 37.4 Å². The highest BCUT2D eigenvalue weighted by Gasteiger charge is 2.31. The largest absolute Gasteiger partial charge is 0.288 e. The van der Waals surface area contributed by atoms with Crippen molar-refractivity contribution < 1.29 is 22.8 Å². The van der Waals surface area contributed by atoms with Gasteiger partial charge in [-0.15, -0.1) is 0 Å². The van der Waals surface area contributed by atoms with Crippen LogP contribution in [0.1, 0.15) is 51.2 Å². The molecule has 2 amide bonds. The van der Waals surface area contributed by atoms with Gasteiger partial charge < -0.3 is 0 Å². The molecule has 0 aliphatic carbocycles. The molecule has 2 N–H and O–H groups in total. The maximum Gasteiger partial charge on any atom is 0.245 e. The van der Waals surface area contributed by atoms with Crippen LogP contribution in [0.15, 0.2) is 83.8 Å². The number of rotatable bonds is 13. The first kappa shape index (κ1) is 33.0. The molecular formula is C32H39N3O5S2. The molecule has 42 heavy (non-hydrogen) atoms. The fourth-order valence-corrected chi connectivity index (χ4v) is 6.13. The van der Waals surface area contributed by atoms with E-state index in [0.29, 0.717) is 36.1 Å². The van der Waals surface area contributed by atoms with E-state index in [2.05, 4.69) is 0 Å². The van der Waals surface area contributed by atoms with Crippen LogP contribution in [0, 0.1) is 5.92 Å². The molecule has 3 aromatic rings. The second kappa shape index (κ2) is 15.7. The van der Waals surface area contributed by atoms with Gasteiger partial charge in [0, 0.05) is 31.2 Å². The lowest BCUT2D eigenvalue weighted by Gasteiger charge is -2.36. The van der Waals surface area contributed by atoms with Gasteiger partial charge in [-0.2, -0.15) is 0 Å². The Morgan fingerprint density at radius 1 is 0.857 bits per heavy atom. The first-order valence-corrected chi connectivity index (χ1v) is 16.6. The highest BCUT2D eigenvalue weighted by molar-refractivity contribution is 8.13. The summed E-state index contributed by atoms with van der Waals surface area (Å²) in [6.07, 6.45) is 2.28. The molecule has 3 aromatic carbocycles. The summed E-state index contributed by atoms with van der Waals surface area (Å²) >= 11 is 1.11. The van der Waals surface area contributed by atoms with Gasteiger partial charge >= 0.3 is 0 Å². The van der Waals surface area contributed by atoms with Crippen LogP contribution in [0.4, 0.5) is 0 Å². The van der Waals surface area contributed by atoms with Crippen molar-refractivity contribution in [1.29, 1.82) is 0 Å². The number of thioether (sulfide) groups is 1. The Balaban J connectivity index is 1.92. The summed E-state index contributed by atoms with van der Waals surface area (Å²) < 4.78 is 24.2. The molecule has 1 atom stereocenters. The molecule has 0 aromatic heterocycles. The number of carbonyl (C=O) groups excluding carboxylic acids is 3. The molecule has 0 unspecified atom stereocenters. The Kier molecular flexibility index (Phi) is 12.3. The predicted octanol–water partition coefficient (Wildman–Crippen LogP) is 5.42. The summed E-state index contributed by atoms with van der Waals surface area (Å²) in [4.78, 5) is 39.3. The van der Waals surface area contributed by atoms with E-state index >= 15 is 0 Å². The van der Waals surface area contributed by atoms with E-state index < -0.39 is 15.9 Å². The lowest BCUT2D eigenvalue weighted by Crippen LogP contribution is -2.52. The monoisotopic (exact) mass is 609 g/mol. The number of unbranched alkanes of at least 4 members (excludes halogenated alkanes) is 1. The number of carbonyl (C=O) groups is 3. The van der Waals surface area contributed by atoms with Gasteiger partial charge in [0.1, 0.15) is 0 Å². The van der Waals surface area contributed by atoms with Crippen LogP contribution in [-0.4, -0.2) is 47.7 Å². The third-order valence-electron chi connectivity index (χ3n) is 6.83. The average Bonchev–Trinajstić information content (AvgIpc) is 2.98. The third kappa shape index (κ3) is 9.27. The number of hydrogen-bond acceptors (Lipinski definition) is 6. The third-order valence-corrected chi connectivity index (χ3v) is 8.77. The molecule has 0 heterocycles. The minimum absolute atomic E-state index is 0.0322. The van der Waals surface area contributed by atoms with Crippen molar-refractivity contribution in [2.24, 2.45) is 11.1 Å². The Morgan fingerprint density at radius 2 is 1.50 bits per heavy atom. The molecule has 10 heteroatoms. The Morgan fingerprint density at radius 3 is 2.10 bits per heavy atom. The van der Waals surface area contributed by atoms with Crippen LogP contribution in [0.25, 0.3) is 11.1 Å². The molecule has 0 aliphatic heterocycles. The molecule has 8 nitrogen and oxygen atoms in total. The topological polar surface area (TPSA) is 118 Å². The minimum Gasteiger partial charge on any atom is -0.288 e. The molecular weight excluding hydrogens is 571 g/mol. The molecule has 0 spiro atoms. The van der Waals surface area contributed by atoms with Crippen LogP contribution in [0.5, 0.6) is 0 Å². The van der Waals surface area contributed by atoms with Gasteiger partial charge in [-0.1, -0.05) is 97.9 Å². The zero-order valence-corrected chi connectivity index (χ0v) is 26.0. The Hall–Kier alpha value is -3.47. The highest BCUT2D eigenvalue weighted by atomic mass is 32.2. The zero-order chi connectivity index (χ0) is 30.7. The summed E-state index contributed by atoms with van der Waals surface area (Å²) in [5, 5.41) is 8.38. The highest BCUT2D eigenvalue weighted by Crippen LogP contribution is 2.27. The van der Waals surface area contributed by atoms with E-state index in [9.17, 15) is 22.8 Å². The van der Waals surface area contributed by atoms with Crippen molar-refractivity contribution in [2.45, 2.75) is 57.9 Å². The number of nitrogens with two attached hydrogens (primary N) is 1. The van der Waals surface area contributed by atoms with Crippen LogP contribution in [0.3, 0.4) is 0 Å².